The van der Waals surface area contributed by atoms with Gasteiger partial charge in [0.25, 0.3) is 5.69 Å². The summed E-state index contributed by atoms with van der Waals surface area (Å²) in [6.07, 6.45) is 1.62. The molecule has 0 bridgehead atoms. The fraction of sp³-hybridized carbons (Fsp3) is 0.211. The first kappa shape index (κ1) is 21.0. The van der Waals surface area contributed by atoms with E-state index >= 15 is 0 Å². The molecule has 0 amide bonds. The van der Waals surface area contributed by atoms with Gasteiger partial charge in [0, 0.05) is 25.2 Å². The number of imidazole rings is 1. The Morgan fingerprint density at radius 1 is 1.21 bits per heavy atom. The second kappa shape index (κ2) is 8.32. The van der Waals surface area contributed by atoms with Gasteiger partial charge in [-0.25, -0.2) is 13.4 Å². The number of sulfonamides is 1. The molecule has 1 N–H and O–H groups in total. The molecule has 0 saturated heterocycles. The van der Waals surface area contributed by atoms with Crippen molar-refractivity contribution in [3.05, 3.63) is 64.0 Å². The highest BCUT2D eigenvalue weighted by atomic mass is 35.5. The molecule has 0 unspecified atom stereocenters. The number of nitro groups is 1. The van der Waals surface area contributed by atoms with E-state index in [9.17, 15) is 18.5 Å². The Morgan fingerprint density at radius 2 is 1.86 bits per heavy atom. The molecule has 1 aromatic heterocycles. The SMILES string of the molecule is CCN(CC)S(=O)(=O)c1ccc2nc(C(Cl)=Cc3ccc([N+](=O)[O-])cc3)[nH]c2c1. The largest absolute Gasteiger partial charge is 0.337 e. The van der Waals surface area contributed by atoms with Crippen LogP contribution in [0.15, 0.2) is 47.4 Å². The molecule has 0 aliphatic heterocycles. The van der Waals surface area contributed by atoms with Crippen LogP contribution in [0.2, 0.25) is 0 Å². The van der Waals surface area contributed by atoms with Crippen molar-refractivity contribution in [1.82, 2.24) is 14.3 Å². The number of nitro benzene ring substituents is 1. The number of halogens is 1. The van der Waals surface area contributed by atoms with Crippen molar-refractivity contribution < 1.29 is 13.3 Å². The van der Waals surface area contributed by atoms with Crippen molar-refractivity contribution in [3.8, 4) is 0 Å². The van der Waals surface area contributed by atoms with E-state index in [1.54, 1.807) is 38.1 Å². The van der Waals surface area contributed by atoms with Gasteiger partial charge < -0.3 is 4.98 Å². The first-order chi connectivity index (χ1) is 13.8. The van der Waals surface area contributed by atoms with E-state index in [1.165, 1.54) is 28.6 Å². The van der Waals surface area contributed by atoms with Crippen LogP contribution in [0.1, 0.15) is 25.2 Å². The molecule has 2 aromatic carbocycles. The summed E-state index contributed by atoms with van der Waals surface area (Å²) >= 11 is 6.35. The second-order valence-electron chi connectivity index (χ2n) is 6.19. The number of hydrogen-bond acceptors (Lipinski definition) is 5. The van der Waals surface area contributed by atoms with Crippen LogP contribution in [0.25, 0.3) is 22.1 Å². The van der Waals surface area contributed by atoms with E-state index in [-0.39, 0.29) is 10.6 Å². The molecule has 0 aliphatic carbocycles. The van der Waals surface area contributed by atoms with Gasteiger partial charge >= 0.3 is 0 Å². The molecule has 0 atom stereocenters. The minimum atomic E-state index is -3.58. The van der Waals surface area contributed by atoms with Gasteiger partial charge in [0.1, 0.15) is 5.82 Å². The lowest BCUT2D eigenvalue weighted by Crippen LogP contribution is -2.30. The Hall–Kier alpha value is -2.75. The van der Waals surface area contributed by atoms with Crippen LogP contribution in [-0.2, 0) is 10.0 Å². The van der Waals surface area contributed by atoms with Crippen LogP contribution in [-0.4, -0.2) is 40.7 Å². The summed E-state index contributed by atoms with van der Waals surface area (Å²) in [6.45, 7) is 4.34. The Morgan fingerprint density at radius 3 is 2.45 bits per heavy atom. The van der Waals surface area contributed by atoms with Crippen LogP contribution >= 0.6 is 11.6 Å². The monoisotopic (exact) mass is 434 g/mol. The minimum Gasteiger partial charge on any atom is -0.337 e. The summed E-state index contributed by atoms with van der Waals surface area (Å²) in [6, 6.07) is 10.6. The van der Waals surface area contributed by atoms with E-state index in [0.29, 0.717) is 40.5 Å². The Kier molecular flexibility index (Phi) is 6.02. The van der Waals surface area contributed by atoms with Gasteiger partial charge in [0.05, 0.1) is 25.9 Å². The third-order valence-corrected chi connectivity index (χ3v) is 6.75. The highest BCUT2D eigenvalue weighted by molar-refractivity contribution is 7.89. The summed E-state index contributed by atoms with van der Waals surface area (Å²) in [5.41, 5.74) is 1.78. The van der Waals surface area contributed by atoms with Gasteiger partial charge in [-0.15, -0.1) is 0 Å². The van der Waals surface area contributed by atoms with E-state index < -0.39 is 14.9 Å². The maximum Gasteiger partial charge on any atom is 0.269 e. The van der Waals surface area contributed by atoms with Crippen molar-refractivity contribution in [2.75, 3.05) is 13.1 Å². The lowest BCUT2D eigenvalue weighted by molar-refractivity contribution is -0.384. The number of non-ortho nitro benzene ring substituents is 1. The van der Waals surface area contributed by atoms with Crippen LogP contribution in [0, 0.1) is 10.1 Å². The summed E-state index contributed by atoms with van der Waals surface area (Å²) in [5.74, 6) is 0.373. The summed E-state index contributed by atoms with van der Waals surface area (Å²) in [7, 11) is -3.58. The first-order valence-electron chi connectivity index (χ1n) is 8.88. The van der Waals surface area contributed by atoms with Crippen molar-refractivity contribution in [1.29, 1.82) is 0 Å². The zero-order chi connectivity index (χ0) is 21.2. The average molecular weight is 435 g/mol. The molecule has 0 aliphatic rings. The van der Waals surface area contributed by atoms with E-state index in [0.717, 1.165) is 0 Å². The fourth-order valence-electron chi connectivity index (χ4n) is 2.88. The molecule has 10 heteroatoms. The van der Waals surface area contributed by atoms with Crippen molar-refractivity contribution in [3.63, 3.8) is 0 Å². The molecule has 3 aromatic rings. The molecular weight excluding hydrogens is 416 g/mol. The summed E-state index contributed by atoms with van der Waals surface area (Å²) in [4.78, 5) is 17.9. The number of aromatic nitrogens is 2. The first-order valence-corrected chi connectivity index (χ1v) is 10.7. The smallest absolute Gasteiger partial charge is 0.269 e. The molecule has 0 fully saturated rings. The van der Waals surface area contributed by atoms with Crippen LogP contribution < -0.4 is 0 Å². The fourth-order valence-corrected chi connectivity index (χ4v) is 4.58. The Labute approximate surface area is 173 Å². The Bertz CT molecular complexity index is 1180. The lowest BCUT2D eigenvalue weighted by atomic mass is 10.2. The maximum absolute atomic E-state index is 12.7. The lowest BCUT2D eigenvalue weighted by Gasteiger charge is -2.18. The number of hydrogen-bond donors (Lipinski definition) is 1. The topological polar surface area (TPSA) is 109 Å². The predicted octanol–water partition coefficient (Wildman–Crippen LogP) is 4.24. The van der Waals surface area contributed by atoms with Gasteiger partial charge in [-0.1, -0.05) is 25.4 Å². The third kappa shape index (κ3) is 4.31. The van der Waals surface area contributed by atoms with Crippen LogP contribution in [0.3, 0.4) is 0 Å². The van der Waals surface area contributed by atoms with Crippen LogP contribution in [0.5, 0.6) is 0 Å². The number of fused-ring (bicyclic) bond motifs is 1. The van der Waals surface area contributed by atoms with Gasteiger partial charge in [-0.2, -0.15) is 4.31 Å². The van der Waals surface area contributed by atoms with Gasteiger partial charge in [-0.3, -0.25) is 10.1 Å². The highest BCUT2D eigenvalue weighted by Gasteiger charge is 2.22. The predicted molar refractivity (Wildman–Crippen MR) is 113 cm³/mol. The standard InChI is InChI=1S/C19H19ClN4O4S/c1-3-23(4-2)29(27,28)15-9-10-17-18(12-15)22-19(21-17)16(20)11-13-5-7-14(8-6-13)24(25)26/h5-12H,3-4H2,1-2H3,(H,21,22). The molecular formula is C19H19ClN4O4S. The number of benzene rings is 2. The van der Waals surface area contributed by atoms with Crippen molar-refractivity contribution >= 4 is 49.5 Å². The van der Waals surface area contributed by atoms with E-state index in [4.69, 9.17) is 11.6 Å². The molecule has 8 nitrogen and oxygen atoms in total. The zero-order valence-electron chi connectivity index (χ0n) is 15.8. The van der Waals surface area contributed by atoms with Crippen molar-refractivity contribution in [2.45, 2.75) is 18.7 Å². The molecule has 1 heterocycles. The molecule has 0 saturated carbocycles. The Balaban J connectivity index is 1.94. The number of aromatic amines is 1. The number of rotatable bonds is 7. The van der Waals surface area contributed by atoms with Gasteiger partial charge in [-0.05, 0) is 42.0 Å². The number of H-pyrrole nitrogens is 1. The second-order valence-corrected chi connectivity index (χ2v) is 8.54. The van der Waals surface area contributed by atoms with Crippen molar-refractivity contribution in [2.24, 2.45) is 0 Å². The number of nitrogens with zero attached hydrogens (tertiary/aromatic N) is 3. The summed E-state index contributed by atoms with van der Waals surface area (Å²) in [5, 5.41) is 11.0. The van der Waals surface area contributed by atoms with Crippen LogP contribution in [0.4, 0.5) is 5.69 Å². The van der Waals surface area contributed by atoms with Gasteiger partial charge in [0.2, 0.25) is 10.0 Å². The minimum absolute atomic E-state index is 0.0102. The number of nitrogens with one attached hydrogen (secondary N) is 1. The van der Waals surface area contributed by atoms with Gasteiger partial charge in [0.15, 0.2) is 0 Å². The molecule has 0 spiro atoms. The normalized spacial score (nSPS) is 12.6. The average Bonchev–Trinajstić information content (AvgIpc) is 3.12. The maximum atomic E-state index is 12.7. The zero-order valence-corrected chi connectivity index (χ0v) is 17.4. The molecule has 152 valence electrons. The molecule has 29 heavy (non-hydrogen) atoms. The molecule has 0 radical (unpaired) electrons. The third-order valence-electron chi connectivity index (χ3n) is 4.42. The molecule has 3 rings (SSSR count). The van der Waals surface area contributed by atoms with E-state index in [2.05, 4.69) is 9.97 Å². The quantitative estimate of drug-likeness (QED) is 0.441. The highest BCUT2D eigenvalue weighted by Crippen LogP contribution is 2.26. The van der Waals surface area contributed by atoms with E-state index in [1.807, 2.05) is 0 Å². The summed E-state index contributed by atoms with van der Waals surface area (Å²) < 4.78 is 26.8.